The van der Waals surface area contributed by atoms with Crippen LogP contribution in [0.1, 0.15) is 29.7 Å². The summed E-state index contributed by atoms with van der Waals surface area (Å²) in [4.78, 5) is 20.3. The van der Waals surface area contributed by atoms with E-state index in [1.807, 2.05) is 43.3 Å². The number of aromatic nitrogens is 2. The summed E-state index contributed by atoms with van der Waals surface area (Å²) < 4.78 is 34.0. The van der Waals surface area contributed by atoms with Crippen molar-refractivity contribution in [1.82, 2.24) is 15.3 Å². The molecule has 37 heavy (non-hydrogen) atoms. The molecule has 4 rings (SSSR count). The van der Waals surface area contributed by atoms with E-state index in [4.69, 9.17) is 9.47 Å². The molecule has 0 aliphatic heterocycles. The fourth-order valence-corrected chi connectivity index (χ4v) is 4.88. The third-order valence-corrected chi connectivity index (χ3v) is 6.79. The first-order valence-corrected chi connectivity index (χ1v) is 13.7. The highest BCUT2D eigenvalue weighted by Gasteiger charge is 2.13. The molecule has 0 radical (unpaired) electrons. The maximum absolute atomic E-state index is 12.6. The third-order valence-electron chi connectivity index (χ3n) is 5.93. The summed E-state index contributed by atoms with van der Waals surface area (Å²) in [5.74, 6) is 0.958. The Bertz CT molecular complexity index is 1570. The lowest BCUT2D eigenvalue weighted by Gasteiger charge is -2.15. The van der Waals surface area contributed by atoms with E-state index >= 15 is 0 Å². The molecule has 0 fully saturated rings. The Morgan fingerprint density at radius 2 is 1.86 bits per heavy atom. The van der Waals surface area contributed by atoms with Gasteiger partial charge in [0.1, 0.15) is 5.65 Å². The molecule has 192 valence electrons. The second kappa shape index (κ2) is 10.9. The molecule has 0 aliphatic rings. The number of aromatic amines is 1. The van der Waals surface area contributed by atoms with Gasteiger partial charge in [0.15, 0.2) is 21.3 Å². The Hall–Kier alpha value is -4.11. The highest BCUT2D eigenvalue weighted by Crippen LogP contribution is 2.30. The quantitative estimate of drug-likeness (QED) is 0.311. The van der Waals surface area contributed by atoms with E-state index in [0.29, 0.717) is 17.1 Å². The molecule has 2 aromatic carbocycles. The largest absolute Gasteiger partial charge is 0.493 e. The molecule has 0 aliphatic carbocycles. The molecule has 2 aromatic heterocycles. The number of amides is 1. The molecule has 0 spiro atoms. The smallest absolute Gasteiger partial charge is 0.244 e. The van der Waals surface area contributed by atoms with Crippen LogP contribution in [0.5, 0.6) is 11.5 Å². The Kier molecular flexibility index (Phi) is 7.63. The first kappa shape index (κ1) is 26.0. The van der Waals surface area contributed by atoms with Crippen molar-refractivity contribution < 1.29 is 22.7 Å². The van der Waals surface area contributed by atoms with Gasteiger partial charge in [-0.1, -0.05) is 30.3 Å². The lowest BCUT2D eigenvalue weighted by molar-refractivity contribution is -0.117. The SMILES string of the molecule is COc1ccc([C@@H](C)NC(=O)/C=C/c2c[nH]c3ncc(-c4cccc(CS(C)(=O)=O)c4)cc23)cc1OC. The average Bonchev–Trinajstić information content (AvgIpc) is 3.28. The Labute approximate surface area is 216 Å². The predicted octanol–water partition coefficient (Wildman–Crippen LogP) is 4.68. The number of carbonyl (C=O) groups is 1. The summed E-state index contributed by atoms with van der Waals surface area (Å²) in [6.07, 6.45) is 7.98. The fraction of sp³-hybridized carbons (Fsp3) is 0.214. The number of methoxy groups -OCH3 is 2. The summed E-state index contributed by atoms with van der Waals surface area (Å²) >= 11 is 0. The maximum atomic E-state index is 12.6. The zero-order valence-corrected chi connectivity index (χ0v) is 21.9. The summed E-state index contributed by atoms with van der Waals surface area (Å²) in [5.41, 5.74) is 4.82. The number of hydrogen-bond donors (Lipinski definition) is 2. The number of rotatable bonds is 9. The van der Waals surface area contributed by atoms with Crippen molar-refractivity contribution in [1.29, 1.82) is 0 Å². The first-order valence-electron chi connectivity index (χ1n) is 11.6. The number of nitrogens with zero attached hydrogens (tertiary/aromatic N) is 1. The van der Waals surface area contributed by atoms with Gasteiger partial charge in [-0.3, -0.25) is 4.79 Å². The van der Waals surface area contributed by atoms with E-state index in [1.54, 1.807) is 44.8 Å². The molecule has 1 atom stereocenters. The van der Waals surface area contributed by atoms with Gasteiger partial charge >= 0.3 is 0 Å². The molecule has 0 bridgehead atoms. The minimum absolute atomic E-state index is 0.0223. The van der Waals surface area contributed by atoms with Crippen LogP contribution in [0.25, 0.3) is 28.2 Å². The minimum atomic E-state index is -3.14. The minimum Gasteiger partial charge on any atom is -0.493 e. The van der Waals surface area contributed by atoms with Gasteiger partial charge in [0.05, 0.1) is 26.0 Å². The topological polar surface area (TPSA) is 110 Å². The Morgan fingerprint density at radius 3 is 2.59 bits per heavy atom. The predicted molar refractivity (Wildman–Crippen MR) is 145 cm³/mol. The molecular weight excluding hydrogens is 490 g/mol. The molecule has 8 nitrogen and oxygen atoms in total. The zero-order chi connectivity index (χ0) is 26.6. The lowest BCUT2D eigenvalue weighted by Crippen LogP contribution is -2.24. The van der Waals surface area contributed by atoms with Gasteiger partial charge in [0.25, 0.3) is 0 Å². The second-order valence-electron chi connectivity index (χ2n) is 8.81. The molecule has 2 heterocycles. The van der Waals surface area contributed by atoms with Gasteiger partial charge < -0.3 is 19.8 Å². The molecular formula is C28H29N3O5S. The van der Waals surface area contributed by atoms with Crippen LogP contribution in [0.4, 0.5) is 0 Å². The average molecular weight is 520 g/mol. The number of hydrogen-bond acceptors (Lipinski definition) is 6. The van der Waals surface area contributed by atoms with E-state index in [9.17, 15) is 13.2 Å². The standard InChI is InChI=1S/C28H29N3O5S/c1-18(20-8-10-25(35-2)26(14-20)36-3)31-27(32)11-9-22-15-29-28-24(22)13-23(16-30-28)21-7-5-6-19(12-21)17-37(4,33)34/h5-16,18H,17H2,1-4H3,(H,29,30)(H,31,32)/b11-9+/t18-/m1/s1. The van der Waals surface area contributed by atoms with Crippen molar-refractivity contribution in [2.45, 2.75) is 18.7 Å². The van der Waals surface area contributed by atoms with E-state index in [0.717, 1.165) is 33.2 Å². The van der Waals surface area contributed by atoms with E-state index in [-0.39, 0.29) is 17.7 Å². The second-order valence-corrected chi connectivity index (χ2v) is 11.0. The van der Waals surface area contributed by atoms with Crippen LogP contribution >= 0.6 is 0 Å². The van der Waals surface area contributed by atoms with Crippen LogP contribution in [0.3, 0.4) is 0 Å². The molecule has 0 saturated heterocycles. The number of H-pyrrole nitrogens is 1. The summed E-state index contributed by atoms with van der Waals surface area (Å²) in [7, 11) is 0.0102. The van der Waals surface area contributed by atoms with Crippen LogP contribution < -0.4 is 14.8 Å². The third kappa shape index (κ3) is 6.37. The van der Waals surface area contributed by atoms with Crippen LogP contribution in [0.2, 0.25) is 0 Å². The number of pyridine rings is 1. The van der Waals surface area contributed by atoms with E-state index in [1.165, 1.54) is 12.3 Å². The molecule has 0 saturated carbocycles. The van der Waals surface area contributed by atoms with Crippen molar-refractivity contribution >= 4 is 32.9 Å². The molecule has 2 N–H and O–H groups in total. The van der Waals surface area contributed by atoms with Gasteiger partial charge in [-0.05, 0) is 47.9 Å². The van der Waals surface area contributed by atoms with Crippen molar-refractivity contribution in [2.75, 3.05) is 20.5 Å². The number of carbonyl (C=O) groups excluding carboxylic acids is 1. The van der Waals surface area contributed by atoms with Gasteiger partial charge in [0.2, 0.25) is 5.91 Å². The summed E-state index contributed by atoms with van der Waals surface area (Å²) in [5, 5.41) is 3.81. The van der Waals surface area contributed by atoms with E-state index < -0.39 is 9.84 Å². The van der Waals surface area contributed by atoms with Crippen LogP contribution in [-0.2, 0) is 20.4 Å². The van der Waals surface area contributed by atoms with Gasteiger partial charge in [-0.25, -0.2) is 13.4 Å². The van der Waals surface area contributed by atoms with E-state index in [2.05, 4.69) is 15.3 Å². The molecule has 0 unspecified atom stereocenters. The van der Waals surface area contributed by atoms with Crippen molar-refractivity contribution in [2.24, 2.45) is 0 Å². The van der Waals surface area contributed by atoms with Crippen molar-refractivity contribution in [3.8, 4) is 22.6 Å². The number of ether oxygens (including phenoxy) is 2. The number of fused-ring (bicyclic) bond motifs is 1. The zero-order valence-electron chi connectivity index (χ0n) is 21.1. The Balaban J connectivity index is 1.52. The van der Waals surface area contributed by atoms with Gasteiger partial charge in [-0.2, -0.15) is 0 Å². The number of sulfone groups is 1. The Morgan fingerprint density at radius 1 is 1.08 bits per heavy atom. The number of nitrogens with one attached hydrogen (secondary N) is 2. The molecule has 1 amide bonds. The van der Waals surface area contributed by atoms with Crippen molar-refractivity contribution in [3.63, 3.8) is 0 Å². The monoisotopic (exact) mass is 519 g/mol. The first-order chi connectivity index (χ1) is 17.7. The highest BCUT2D eigenvalue weighted by atomic mass is 32.2. The van der Waals surface area contributed by atoms with Gasteiger partial charge in [-0.15, -0.1) is 0 Å². The van der Waals surface area contributed by atoms with Gasteiger partial charge in [0, 0.05) is 41.2 Å². The van der Waals surface area contributed by atoms with Crippen molar-refractivity contribution in [3.05, 3.63) is 83.7 Å². The highest BCUT2D eigenvalue weighted by molar-refractivity contribution is 7.89. The molecule has 4 aromatic rings. The summed E-state index contributed by atoms with van der Waals surface area (Å²) in [6.45, 7) is 1.90. The molecule has 9 heteroatoms. The number of benzene rings is 2. The summed E-state index contributed by atoms with van der Waals surface area (Å²) in [6, 6.07) is 14.7. The normalized spacial score (nSPS) is 12.5. The lowest BCUT2D eigenvalue weighted by atomic mass is 10.0. The van der Waals surface area contributed by atoms with Crippen LogP contribution in [0, 0.1) is 0 Å². The van der Waals surface area contributed by atoms with Crippen LogP contribution in [0.15, 0.2) is 67.0 Å². The fourth-order valence-electron chi connectivity index (χ4n) is 4.10. The maximum Gasteiger partial charge on any atom is 0.244 e. The van der Waals surface area contributed by atoms with Crippen LogP contribution in [-0.4, -0.2) is 44.8 Å².